The van der Waals surface area contributed by atoms with Crippen molar-refractivity contribution in [3.05, 3.63) is 66.2 Å². The van der Waals surface area contributed by atoms with Gasteiger partial charge in [0.2, 0.25) is 0 Å². The average Bonchev–Trinajstić information content (AvgIpc) is 2.76. The van der Waals surface area contributed by atoms with Gasteiger partial charge in [-0.2, -0.15) is 0 Å². The summed E-state index contributed by atoms with van der Waals surface area (Å²) in [6.45, 7) is 4.99. The highest BCUT2D eigenvalue weighted by Crippen LogP contribution is 2.59. The molecule has 0 atom stereocenters. The molecule has 0 heterocycles. The Kier molecular flexibility index (Phi) is 5.62. The number of allylic oxidation sites excluding steroid dienone is 1. The van der Waals surface area contributed by atoms with Crippen molar-refractivity contribution in [3.8, 4) is 16.9 Å². The summed E-state index contributed by atoms with van der Waals surface area (Å²) in [6.07, 6.45) is 15.3. The minimum Gasteiger partial charge on any atom is -0.490 e. The average molecular weight is 375 g/mol. The lowest BCUT2D eigenvalue weighted by molar-refractivity contribution is 0.0320. The Hall–Kier alpha value is -2.02. The van der Waals surface area contributed by atoms with E-state index in [1.165, 1.54) is 62.5 Å². The van der Waals surface area contributed by atoms with Gasteiger partial charge in [0.25, 0.3) is 0 Å². The number of hydrogen-bond acceptors (Lipinski definition) is 1. The van der Waals surface area contributed by atoms with E-state index in [4.69, 9.17) is 4.74 Å². The molecule has 5 rings (SSSR count). The molecular weight excluding hydrogens is 340 g/mol. The minimum atomic E-state index is 0.457. The fourth-order valence-corrected chi connectivity index (χ4v) is 5.60. The number of benzene rings is 2. The molecule has 0 spiro atoms. The van der Waals surface area contributed by atoms with Gasteiger partial charge in [0.05, 0.1) is 0 Å². The van der Waals surface area contributed by atoms with Gasteiger partial charge < -0.3 is 4.74 Å². The second-order valence-corrected chi connectivity index (χ2v) is 9.01. The predicted octanol–water partition coefficient (Wildman–Crippen LogP) is 7.70. The first-order chi connectivity index (χ1) is 13.7. The van der Waals surface area contributed by atoms with E-state index < -0.39 is 0 Å². The maximum atomic E-state index is 5.71. The van der Waals surface area contributed by atoms with Crippen molar-refractivity contribution in [1.82, 2.24) is 0 Å². The molecule has 2 aromatic rings. The van der Waals surface area contributed by atoms with Crippen LogP contribution in [-0.2, 0) is 5.41 Å². The van der Waals surface area contributed by atoms with Crippen molar-refractivity contribution in [2.75, 3.05) is 6.61 Å². The van der Waals surface area contributed by atoms with Crippen molar-refractivity contribution in [3.63, 3.8) is 0 Å². The Bertz CT molecular complexity index is 773. The van der Waals surface area contributed by atoms with E-state index in [0.29, 0.717) is 17.4 Å². The molecule has 3 fully saturated rings. The van der Waals surface area contributed by atoms with E-state index >= 15 is 0 Å². The summed E-state index contributed by atoms with van der Waals surface area (Å²) in [5.74, 6) is 0.928. The Balaban J connectivity index is 1.45. The molecule has 0 radical (unpaired) electrons. The topological polar surface area (TPSA) is 9.23 Å². The van der Waals surface area contributed by atoms with Gasteiger partial charge in [-0.3, -0.25) is 0 Å². The third kappa shape index (κ3) is 3.77. The zero-order chi connectivity index (χ0) is 19.5. The van der Waals surface area contributed by atoms with Gasteiger partial charge in [-0.15, -0.1) is 0 Å². The van der Waals surface area contributed by atoms with E-state index in [-0.39, 0.29) is 0 Å². The maximum Gasteiger partial charge on any atom is 0.119 e. The number of rotatable bonds is 7. The first kappa shape index (κ1) is 19.3. The van der Waals surface area contributed by atoms with Crippen LogP contribution in [-0.4, -0.2) is 6.61 Å². The quantitative estimate of drug-likeness (QED) is 0.451. The van der Waals surface area contributed by atoms with Crippen LogP contribution in [0.15, 0.2) is 60.7 Å². The molecule has 0 aliphatic heterocycles. The molecule has 0 saturated heterocycles. The van der Waals surface area contributed by atoms with Gasteiger partial charge in [0, 0.05) is 0 Å². The molecule has 0 N–H and O–H groups in total. The van der Waals surface area contributed by atoms with Crippen molar-refractivity contribution in [1.29, 1.82) is 0 Å². The van der Waals surface area contributed by atoms with Crippen LogP contribution in [0.5, 0.6) is 5.75 Å². The van der Waals surface area contributed by atoms with E-state index in [1.54, 1.807) is 5.56 Å². The van der Waals surface area contributed by atoms with Gasteiger partial charge in [-0.1, -0.05) is 61.9 Å². The Morgan fingerprint density at radius 3 is 1.93 bits per heavy atom. The van der Waals surface area contributed by atoms with Crippen LogP contribution >= 0.6 is 0 Å². The second kappa shape index (κ2) is 8.15. The number of hydrogen-bond donors (Lipinski definition) is 0. The summed E-state index contributed by atoms with van der Waals surface area (Å²) >= 11 is 0. The molecule has 2 aromatic carbocycles. The SMILES string of the molecule is C/C=C/COc1ccc(-c2ccc(C34CCC(CCC)(CC3)CC4)cc2)cc1. The molecule has 3 saturated carbocycles. The number of ether oxygens (including phenoxy) is 1. The van der Waals surface area contributed by atoms with Gasteiger partial charge in [0.15, 0.2) is 0 Å². The highest BCUT2D eigenvalue weighted by molar-refractivity contribution is 5.64. The van der Waals surface area contributed by atoms with Gasteiger partial charge in [-0.25, -0.2) is 0 Å². The third-order valence-electron chi connectivity index (χ3n) is 7.45. The molecular formula is C27H34O. The fourth-order valence-electron chi connectivity index (χ4n) is 5.60. The second-order valence-electron chi connectivity index (χ2n) is 9.01. The Labute approximate surface area is 170 Å². The summed E-state index contributed by atoms with van der Waals surface area (Å²) in [6, 6.07) is 17.9. The molecule has 3 aliphatic carbocycles. The van der Waals surface area contributed by atoms with Crippen molar-refractivity contribution >= 4 is 0 Å². The van der Waals surface area contributed by atoms with E-state index in [1.807, 2.05) is 19.1 Å². The fraction of sp³-hybridized carbons (Fsp3) is 0.481. The standard InChI is InChI=1S/C27H34O/c1-3-5-21-28-25-12-8-23(9-13-25)22-6-10-24(11-7-22)27-18-15-26(14-4-2,16-19-27)17-20-27/h3,5-13H,4,14-21H2,1-2H3/b5-3+. The molecule has 0 unspecified atom stereocenters. The summed E-state index contributed by atoms with van der Waals surface area (Å²) in [4.78, 5) is 0. The zero-order valence-corrected chi connectivity index (χ0v) is 17.5. The molecule has 2 bridgehead atoms. The third-order valence-corrected chi connectivity index (χ3v) is 7.45. The maximum absolute atomic E-state index is 5.71. The first-order valence-electron chi connectivity index (χ1n) is 11.1. The molecule has 0 aromatic heterocycles. The van der Waals surface area contributed by atoms with E-state index in [0.717, 1.165) is 5.75 Å². The van der Waals surface area contributed by atoms with E-state index in [9.17, 15) is 0 Å². The summed E-state index contributed by atoms with van der Waals surface area (Å²) in [5, 5.41) is 0. The molecule has 3 aliphatic rings. The Morgan fingerprint density at radius 1 is 0.821 bits per heavy atom. The summed E-state index contributed by atoms with van der Waals surface area (Å²) in [7, 11) is 0. The van der Waals surface area contributed by atoms with Crippen molar-refractivity contribution in [2.24, 2.45) is 5.41 Å². The van der Waals surface area contributed by atoms with Crippen LogP contribution < -0.4 is 4.74 Å². The lowest BCUT2D eigenvalue weighted by Crippen LogP contribution is -2.44. The molecule has 28 heavy (non-hydrogen) atoms. The normalized spacial score (nSPS) is 26.6. The van der Waals surface area contributed by atoms with Crippen molar-refractivity contribution in [2.45, 2.75) is 70.6 Å². The lowest BCUT2D eigenvalue weighted by Gasteiger charge is -2.54. The highest BCUT2D eigenvalue weighted by atomic mass is 16.5. The van der Waals surface area contributed by atoms with Crippen LogP contribution in [0.4, 0.5) is 0 Å². The molecule has 1 nitrogen and oxygen atoms in total. The number of fused-ring (bicyclic) bond motifs is 3. The molecule has 148 valence electrons. The van der Waals surface area contributed by atoms with Crippen molar-refractivity contribution < 1.29 is 4.74 Å². The van der Waals surface area contributed by atoms with Gasteiger partial charge in [-0.05, 0) is 91.5 Å². The first-order valence-corrected chi connectivity index (χ1v) is 11.1. The largest absolute Gasteiger partial charge is 0.490 e. The van der Waals surface area contributed by atoms with E-state index in [2.05, 4.69) is 55.5 Å². The van der Waals surface area contributed by atoms with Crippen LogP contribution in [0.3, 0.4) is 0 Å². The van der Waals surface area contributed by atoms with Crippen LogP contribution in [0, 0.1) is 5.41 Å². The Morgan fingerprint density at radius 2 is 1.39 bits per heavy atom. The summed E-state index contributed by atoms with van der Waals surface area (Å²) < 4.78 is 5.71. The summed E-state index contributed by atoms with van der Waals surface area (Å²) in [5.41, 5.74) is 5.28. The van der Waals surface area contributed by atoms with Gasteiger partial charge >= 0.3 is 0 Å². The zero-order valence-electron chi connectivity index (χ0n) is 17.5. The van der Waals surface area contributed by atoms with Crippen LogP contribution in [0.25, 0.3) is 11.1 Å². The smallest absolute Gasteiger partial charge is 0.119 e. The monoisotopic (exact) mass is 374 g/mol. The van der Waals surface area contributed by atoms with Crippen LogP contribution in [0.1, 0.15) is 70.8 Å². The lowest BCUT2D eigenvalue weighted by atomic mass is 9.51. The molecule has 0 amide bonds. The predicted molar refractivity (Wildman–Crippen MR) is 119 cm³/mol. The highest BCUT2D eigenvalue weighted by Gasteiger charge is 2.48. The van der Waals surface area contributed by atoms with Gasteiger partial charge in [0.1, 0.15) is 12.4 Å². The minimum absolute atomic E-state index is 0.457. The van der Waals surface area contributed by atoms with Crippen LogP contribution in [0.2, 0.25) is 0 Å². The molecule has 1 heteroatoms.